The summed E-state index contributed by atoms with van der Waals surface area (Å²) in [6, 6.07) is 2.19. The Morgan fingerprint density at radius 1 is 1.48 bits per heavy atom. The summed E-state index contributed by atoms with van der Waals surface area (Å²) in [4.78, 5) is 9.88. The Morgan fingerprint density at radius 2 is 2.33 bits per heavy atom. The lowest BCUT2D eigenvalue weighted by Crippen LogP contribution is -2.29. The van der Waals surface area contributed by atoms with Crippen molar-refractivity contribution in [1.29, 1.82) is 0 Å². The Labute approximate surface area is 128 Å². The van der Waals surface area contributed by atoms with Crippen molar-refractivity contribution in [2.24, 2.45) is 0 Å². The molecule has 2 heterocycles. The molecule has 0 radical (unpaired) electrons. The maximum absolute atomic E-state index is 13.9. The summed E-state index contributed by atoms with van der Waals surface area (Å²) in [5, 5.41) is 4.29. The number of nitrogens with one attached hydrogen (secondary N) is 1. The van der Waals surface area contributed by atoms with Gasteiger partial charge in [-0.3, -0.25) is 4.98 Å². The van der Waals surface area contributed by atoms with Gasteiger partial charge in [0.15, 0.2) is 5.82 Å². The van der Waals surface area contributed by atoms with Crippen molar-refractivity contribution in [3.63, 3.8) is 0 Å². The van der Waals surface area contributed by atoms with Crippen LogP contribution in [0, 0.1) is 5.82 Å². The fourth-order valence-corrected chi connectivity index (χ4v) is 3.96. The largest absolute Gasteiger partial charge is 0.314 e. The molecule has 0 aromatic carbocycles. The zero-order valence-corrected chi connectivity index (χ0v) is 13.2. The van der Waals surface area contributed by atoms with E-state index in [0.29, 0.717) is 17.5 Å². The third-order valence-electron chi connectivity index (χ3n) is 3.85. The van der Waals surface area contributed by atoms with E-state index < -0.39 is 0 Å². The normalized spacial score (nSPS) is 18.0. The quantitative estimate of drug-likeness (QED) is 0.934. The highest BCUT2D eigenvalue weighted by Gasteiger charge is 2.25. The standard InChI is InChI=1S/C16H20FN3S/c1-10(2)19-8-11-4-3-5-14-15(11)20-16(21-14)12-6-7-18-9-13(12)17/h6-7,9-11,19H,3-5,8H2,1-2H3. The first kappa shape index (κ1) is 14.6. The van der Waals surface area contributed by atoms with E-state index in [0.717, 1.165) is 24.4 Å². The van der Waals surface area contributed by atoms with Crippen LogP contribution in [0.4, 0.5) is 4.39 Å². The lowest BCUT2D eigenvalue weighted by atomic mass is 9.91. The molecular formula is C16H20FN3S. The summed E-state index contributed by atoms with van der Waals surface area (Å²) in [6.07, 6.45) is 6.30. The Morgan fingerprint density at radius 3 is 3.10 bits per heavy atom. The minimum atomic E-state index is -0.291. The third kappa shape index (κ3) is 3.14. The van der Waals surface area contributed by atoms with Crippen molar-refractivity contribution in [2.75, 3.05) is 6.54 Å². The van der Waals surface area contributed by atoms with Crippen LogP contribution < -0.4 is 5.32 Å². The highest BCUT2D eigenvalue weighted by molar-refractivity contribution is 7.15. The van der Waals surface area contributed by atoms with Crippen molar-refractivity contribution in [1.82, 2.24) is 15.3 Å². The van der Waals surface area contributed by atoms with Gasteiger partial charge in [0.1, 0.15) is 5.01 Å². The summed E-state index contributed by atoms with van der Waals surface area (Å²) in [6.45, 7) is 5.26. The van der Waals surface area contributed by atoms with Gasteiger partial charge in [0, 0.05) is 35.1 Å². The van der Waals surface area contributed by atoms with Crippen LogP contribution in [0.25, 0.3) is 10.6 Å². The van der Waals surface area contributed by atoms with Crippen molar-refractivity contribution in [2.45, 2.75) is 45.1 Å². The van der Waals surface area contributed by atoms with E-state index >= 15 is 0 Å². The van der Waals surface area contributed by atoms with Crippen LogP contribution in [0.1, 0.15) is 43.2 Å². The van der Waals surface area contributed by atoms with E-state index in [1.807, 2.05) is 0 Å². The average Bonchev–Trinajstić information content (AvgIpc) is 2.89. The first-order chi connectivity index (χ1) is 10.1. The fourth-order valence-electron chi connectivity index (χ4n) is 2.75. The minimum absolute atomic E-state index is 0.291. The predicted octanol–water partition coefficient (Wildman–Crippen LogP) is 3.76. The molecule has 21 heavy (non-hydrogen) atoms. The van der Waals surface area contributed by atoms with Crippen molar-refractivity contribution < 1.29 is 4.39 Å². The zero-order valence-electron chi connectivity index (χ0n) is 12.4. The molecule has 1 aliphatic carbocycles. The number of aromatic nitrogens is 2. The zero-order chi connectivity index (χ0) is 14.8. The number of halogens is 1. The summed E-state index contributed by atoms with van der Waals surface area (Å²) in [5.41, 5.74) is 1.74. The van der Waals surface area contributed by atoms with Gasteiger partial charge in [-0.05, 0) is 25.3 Å². The van der Waals surface area contributed by atoms with E-state index in [1.54, 1.807) is 23.6 Å². The summed E-state index contributed by atoms with van der Waals surface area (Å²) >= 11 is 1.63. The molecule has 0 bridgehead atoms. The number of thiazole rings is 1. The number of hydrogen-bond acceptors (Lipinski definition) is 4. The Hall–Kier alpha value is -1.33. The van der Waals surface area contributed by atoms with E-state index in [2.05, 4.69) is 24.1 Å². The van der Waals surface area contributed by atoms with Crippen LogP contribution in [0.15, 0.2) is 18.5 Å². The van der Waals surface area contributed by atoms with E-state index in [1.165, 1.54) is 23.2 Å². The van der Waals surface area contributed by atoms with E-state index in [4.69, 9.17) is 4.98 Å². The van der Waals surface area contributed by atoms with E-state index in [-0.39, 0.29) is 5.82 Å². The van der Waals surface area contributed by atoms with Gasteiger partial charge in [-0.2, -0.15) is 0 Å². The van der Waals surface area contributed by atoms with Crippen molar-refractivity contribution in [3.05, 3.63) is 34.8 Å². The SMILES string of the molecule is CC(C)NCC1CCCc2sc(-c3ccncc3F)nc21. The highest BCUT2D eigenvalue weighted by Crippen LogP contribution is 2.38. The Bertz CT molecular complexity index is 624. The van der Waals surface area contributed by atoms with Crippen LogP contribution in [-0.4, -0.2) is 22.6 Å². The summed E-state index contributed by atoms with van der Waals surface area (Å²) < 4.78 is 13.9. The topological polar surface area (TPSA) is 37.8 Å². The molecule has 2 aromatic heterocycles. The molecule has 1 atom stereocenters. The predicted molar refractivity (Wildman–Crippen MR) is 84.1 cm³/mol. The van der Waals surface area contributed by atoms with Crippen LogP contribution >= 0.6 is 11.3 Å². The second-order valence-corrected chi connectivity index (χ2v) is 6.92. The molecule has 1 aliphatic rings. The molecule has 1 N–H and O–H groups in total. The fraction of sp³-hybridized carbons (Fsp3) is 0.500. The first-order valence-corrected chi connectivity index (χ1v) is 8.29. The van der Waals surface area contributed by atoms with Gasteiger partial charge >= 0.3 is 0 Å². The number of hydrogen-bond donors (Lipinski definition) is 1. The second-order valence-electron chi connectivity index (χ2n) is 5.84. The van der Waals surface area contributed by atoms with Crippen LogP contribution in [0.2, 0.25) is 0 Å². The molecule has 3 nitrogen and oxygen atoms in total. The molecule has 0 fully saturated rings. The summed E-state index contributed by atoms with van der Waals surface area (Å²) in [7, 11) is 0. The van der Waals surface area contributed by atoms with Gasteiger partial charge in [-0.25, -0.2) is 9.37 Å². The molecule has 0 aliphatic heterocycles. The van der Waals surface area contributed by atoms with Gasteiger partial charge in [-0.15, -0.1) is 11.3 Å². The number of nitrogens with zero attached hydrogens (tertiary/aromatic N) is 2. The van der Waals surface area contributed by atoms with Crippen molar-refractivity contribution in [3.8, 4) is 10.6 Å². The lowest BCUT2D eigenvalue weighted by molar-refractivity contribution is 0.475. The second kappa shape index (κ2) is 6.20. The minimum Gasteiger partial charge on any atom is -0.314 e. The number of pyridine rings is 1. The molecule has 2 aromatic rings. The maximum Gasteiger partial charge on any atom is 0.151 e. The van der Waals surface area contributed by atoms with Crippen LogP contribution in [-0.2, 0) is 6.42 Å². The number of rotatable bonds is 4. The molecule has 0 saturated heterocycles. The van der Waals surface area contributed by atoms with Gasteiger partial charge in [-0.1, -0.05) is 13.8 Å². The Balaban J connectivity index is 1.89. The molecule has 1 unspecified atom stereocenters. The average molecular weight is 305 g/mol. The Kier molecular flexibility index (Phi) is 4.31. The number of fused-ring (bicyclic) bond motifs is 1. The van der Waals surface area contributed by atoms with Crippen LogP contribution in [0.5, 0.6) is 0 Å². The van der Waals surface area contributed by atoms with Gasteiger partial charge < -0.3 is 5.32 Å². The third-order valence-corrected chi connectivity index (χ3v) is 5.01. The molecule has 112 valence electrons. The molecule has 3 rings (SSSR count). The van der Waals surface area contributed by atoms with Gasteiger partial charge in [0.25, 0.3) is 0 Å². The van der Waals surface area contributed by atoms with E-state index in [9.17, 15) is 4.39 Å². The van der Waals surface area contributed by atoms with Crippen molar-refractivity contribution >= 4 is 11.3 Å². The number of aryl methyl sites for hydroxylation is 1. The lowest BCUT2D eigenvalue weighted by Gasteiger charge is -2.22. The maximum atomic E-state index is 13.9. The van der Waals surface area contributed by atoms with Gasteiger partial charge in [0.2, 0.25) is 0 Å². The molecule has 0 amide bonds. The molecular weight excluding hydrogens is 285 g/mol. The molecule has 0 spiro atoms. The monoisotopic (exact) mass is 305 g/mol. The van der Waals surface area contributed by atoms with Gasteiger partial charge in [0.05, 0.1) is 11.9 Å². The molecule has 0 saturated carbocycles. The van der Waals surface area contributed by atoms with Crippen LogP contribution in [0.3, 0.4) is 0 Å². The highest BCUT2D eigenvalue weighted by atomic mass is 32.1. The molecule has 5 heteroatoms. The summed E-state index contributed by atoms with van der Waals surface area (Å²) in [5.74, 6) is 0.159. The smallest absolute Gasteiger partial charge is 0.151 e. The first-order valence-electron chi connectivity index (χ1n) is 7.48.